The average Bonchev–Trinajstić information content (AvgIpc) is 2.67. The molecule has 0 amide bonds. The largest absolute Gasteiger partial charge is 0.497 e. The van der Waals surface area contributed by atoms with Crippen LogP contribution in [0.3, 0.4) is 0 Å². The minimum atomic E-state index is 0.523. The Labute approximate surface area is 156 Å². The van der Waals surface area contributed by atoms with Crippen molar-refractivity contribution in [3.05, 3.63) is 72.8 Å². The molecule has 0 aliphatic heterocycles. The second kappa shape index (κ2) is 6.98. The van der Waals surface area contributed by atoms with E-state index >= 15 is 0 Å². The molecule has 26 heavy (non-hydrogen) atoms. The van der Waals surface area contributed by atoms with Crippen molar-refractivity contribution in [3.63, 3.8) is 0 Å². The van der Waals surface area contributed by atoms with E-state index in [2.05, 4.69) is 22.8 Å². The minimum Gasteiger partial charge on any atom is -0.497 e. The van der Waals surface area contributed by atoms with E-state index in [9.17, 15) is 0 Å². The van der Waals surface area contributed by atoms with Crippen molar-refractivity contribution >= 4 is 50.5 Å². The normalized spacial score (nSPS) is 10.7. The highest BCUT2D eigenvalue weighted by Gasteiger charge is 2.03. The highest BCUT2D eigenvalue weighted by molar-refractivity contribution is 7.80. The molecular formula is C21H17N3OS. The molecule has 0 saturated heterocycles. The number of hydrogen-bond acceptors (Lipinski definition) is 3. The molecule has 4 nitrogen and oxygen atoms in total. The van der Waals surface area contributed by atoms with Crippen LogP contribution in [0, 0.1) is 0 Å². The number of hydrogen-bond donors (Lipinski definition) is 2. The van der Waals surface area contributed by atoms with Gasteiger partial charge in [0.1, 0.15) is 5.75 Å². The summed E-state index contributed by atoms with van der Waals surface area (Å²) in [6, 6.07) is 23.9. The maximum atomic E-state index is 5.41. The van der Waals surface area contributed by atoms with Crippen molar-refractivity contribution in [1.29, 1.82) is 0 Å². The molecule has 0 aliphatic carbocycles. The number of pyridine rings is 1. The fourth-order valence-electron chi connectivity index (χ4n) is 2.82. The molecule has 0 unspecified atom stereocenters. The third-order valence-corrected chi connectivity index (χ3v) is 4.33. The Morgan fingerprint density at radius 3 is 2.31 bits per heavy atom. The van der Waals surface area contributed by atoms with Crippen molar-refractivity contribution in [2.45, 2.75) is 0 Å². The van der Waals surface area contributed by atoms with E-state index in [-0.39, 0.29) is 0 Å². The van der Waals surface area contributed by atoms with Crippen molar-refractivity contribution in [2.75, 3.05) is 17.7 Å². The number of ether oxygens (including phenoxy) is 1. The molecule has 4 rings (SSSR count). The molecule has 0 radical (unpaired) electrons. The second-order valence-electron chi connectivity index (χ2n) is 5.90. The molecule has 128 valence electrons. The Morgan fingerprint density at radius 1 is 0.808 bits per heavy atom. The molecule has 5 heteroatoms. The van der Waals surface area contributed by atoms with Crippen LogP contribution >= 0.6 is 12.2 Å². The Bertz CT molecular complexity index is 1090. The van der Waals surface area contributed by atoms with Gasteiger partial charge in [0.2, 0.25) is 0 Å². The molecule has 0 bridgehead atoms. The van der Waals surface area contributed by atoms with Crippen LogP contribution in [0.25, 0.3) is 21.8 Å². The number of nitrogens with zero attached hydrogens (tertiary/aromatic N) is 1. The number of aromatic nitrogens is 1. The molecule has 4 aromatic rings. The molecule has 1 heterocycles. The Balaban J connectivity index is 1.54. The van der Waals surface area contributed by atoms with Crippen LogP contribution in [0.5, 0.6) is 5.75 Å². The number of thiocarbonyl (C=S) groups is 1. The van der Waals surface area contributed by atoms with Gasteiger partial charge in [0.05, 0.1) is 18.1 Å². The lowest BCUT2D eigenvalue weighted by Gasteiger charge is -2.12. The number of benzene rings is 3. The van der Waals surface area contributed by atoms with Crippen LogP contribution in [0.1, 0.15) is 0 Å². The fourth-order valence-corrected chi connectivity index (χ4v) is 3.05. The van der Waals surface area contributed by atoms with Crippen molar-refractivity contribution in [2.24, 2.45) is 0 Å². The third-order valence-electron chi connectivity index (χ3n) is 4.12. The van der Waals surface area contributed by atoms with E-state index in [1.54, 1.807) is 7.11 Å². The standard InChI is InChI=1S/C21H17N3OS/c1-25-18-10-8-16(9-11-18)22-21(26)23-17-7-6-15-12-14-4-2-3-5-19(14)24-20(15)13-17/h2-13H,1H3,(H2,22,23,26). The monoisotopic (exact) mass is 359 g/mol. The molecule has 2 N–H and O–H groups in total. The van der Waals surface area contributed by atoms with Gasteiger partial charge < -0.3 is 15.4 Å². The zero-order valence-corrected chi connectivity index (χ0v) is 15.0. The summed E-state index contributed by atoms with van der Waals surface area (Å²) in [5.41, 5.74) is 3.71. The molecule has 0 spiro atoms. The lowest BCUT2D eigenvalue weighted by Crippen LogP contribution is -2.18. The molecule has 0 aliphatic rings. The summed E-state index contributed by atoms with van der Waals surface area (Å²) in [5, 5.41) is 9.13. The van der Waals surface area contributed by atoms with Gasteiger partial charge in [-0.3, -0.25) is 0 Å². The van der Waals surface area contributed by atoms with Gasteiger partial charge in [0.25, 0.3) is 0 Å². The number of fused-ring (bicyclic) bond motifs is 2. The molecule has 3 aromatic carbocycles. The summed E-state index contributed by atoms with van der Waals surface area (Å²) in [4.78, 5) is 4.73. The lowest BCUT2D eigenvalue weighted by atomic mass is 10.1. The number of rotatable bonds is 3. The van der Waals surface area contributed by atoms with E-state index in [1.165, 1.54) is 0 Å². The van der Waals surface area contributed by atoms with Crippen molar-refractivity contribution in [3.8, 4) is 5.75 Å². The van der Waals surface area contributed by atoms with Gasteiger partial charge >= 0.3 is 0 Å². The Hall–Kier alpha value is -3.18. The van der Waals surface area contributed by atoms with Crippen LogP contribution in [0.4, 0.5) is 11.4 Å². The van der Waals surface area contributed by atoms with Gasteiger partial charge in [-0.25, -0.2) is 4.98 Å². The minimum absolute atomic E-state index is 0.523. The molecule has 0 saturated carbocycles. The topological polar surface area (TPSA) is 46.2 Å². The smallest absolute Gasteiger partial charge is 0.175 e. The van der Waals surface area contributed by atoms with Crippen LogP contribution < -0.4 is 15.4 Å². The zero-order valence-electron chi connectivity index (χ0n) is 14.2. The van der Waals surface area contributed by atoms with Gasteiger partial charge in [0, 0.05) is 22.1 Å². The predicted octanol–water partition coefficient (Wildman–Crippen LogP) is 5.21. The molecule has 0 fully saturated rings. The Morgan fingerprint density at radius 2 is 1.50 bits per heavy atom. The van der Waals surface area contributed by atoms with Crippen molar-refractivity contribution < 1.29 is 4.74 Å². The zero-order chi connectivity index (χ0) is 17.9. The van der Waals surface area contributed by atoms with Crippen LogP contribution in [-0.4, -0.2) is 17.2 Å². The number of nitrogens with one attached hydrogen (secondary N) is 2. The first-order valence-corrected chi connectivity index (χ1v) is 8.64. The summed E-state index contributed by atoms with van der Waals surface area (Å²) in [6.07, 6.45) is 0. The van der Waals surface area contributed by atoms with Gasteiger partial charge in [-0.1, -0.05) is 24.3 Å². The van der Waals surface area contributed by atoms with E-state index in [0.717, 1.165) is 38.9 Å². The number of para-hydroxylation sites is 1. The number of methoxy groups -OCH3 is 1. The van der Waals surface area contributed by atoms with E-state index in [1.807, 2.05) is 60.7 Å². The summed E-state index contributed by atoms with van der Waals surface area (Å²) in [5.74, 6) is 0.808. The first kappa shape index (κ1) is 16.3. The van der Waals surface area contributed by atoms with Gasteiger partial charge in [-0.2, -0.15) is 0 Å². The number of anilines is 2. The predicted molar refractivity (Wildman–Crippen MR) is 112 cm³/mol. The average molecular weight is 359 g/mol. The maximum Gasteiger partial charge on any atom is 0.175 e. The highest BCUT2D eigenvalue weighted by atomic mass is 32.1. The van der Waals surface area contributed by atoms with E-state index in [4.69, 9.17) is 21.9 Å². The first-order chi connectivity index (χ1) is 12.7. The van der Waals surface area contributed by atoms with E-state index < -0.39 is 0 Å². The Kier molecular flexibility index (Phi) is 4.37. The second-order valence-corrected chi connectivity index (χ2v) is 6.30. The summed E-state index contributed by atoms with van der Waals surface area (Å²) < 4.78 is 5.16. The quantitative estimate of drug-likeness (QED) is 0.389. The maximum absolute atomic E-state index is 5.41. The van der Waals surface area contributed by atoms with E-state index in [0.29, 0.717) is 5.11 Å². The SMILES string of the molecule is COc1ccc(NC(=S)Nc2ccc3cc4ccccc4nc3c2)cc1. The lowest BCUT2D eigenvalue weighted by molar-refractivity contribution is 0.415. The fraction of sp³-hybridized carbons (Fsp3) is 0.0476. The summed E-state index contributed by atoms with van der Waals surface area (Å²) in [6.45, 7) is 0. The van der Waals surface area contributed by atoms with Gasteiger partial charge in [-0.05, 0) is 60.7 Å². The van der Waals surface area contributed by atoms with Crippen molar-refractivity contribution in [1.82, 2.24) is 4.98 Å². The molecular weight excluding hydrogens is 342 g/mol. The van der Waals surface area contributed by atoms with Crippen LogP contribution in [0.15, 0.2) is 72.8 Å². The third kappa shape index (κ3) is 3.43. The molecule has 0 atom stereocenters. The van der Waals surface area contributed by atoms with Gasteiger partial charge in [0.15, 0.2) is 5.11 Å². The first-order valence-electron chi connectivity index (χ1n) is 8.23. The molecule has 1 aromatic heterocycles. The van der Waals surface area contributed by atoms with Crippen LogP contribution in [0.2, 0.25) is 0 Å². The summed E-state index contributed by atoms with van der Waals surface area (Å²) in [7, 11) is 1.64. The van der Waals surface area contributed by atoms with Crippen LogP contribution in [-0.2, 0) is 0 Å². The van der Waals surface area contributed by atoms with Gasteiger partial charge in [-0.15, -0.1) is 0 Å². The summed E-state index contributed by atoms with van der Waals surface area (Å²) >= 11 is 5.41. The highest BCUT2D eigenvalue weighted by Crippen LogP contribution is 2.23.